The van der Waals surface area contributed by atoms with Gasteiger partial charge in [-0.2, -0.15) is 37.1 Å². The highest BCUT2D eigenvalue weighted by molar-refractivity contribution is 7.92. The van der Waals surface area contributed by atoms with Crippen LogP contribution in [0.1, 0.15) is 64.5 Å². The van der Waals surface area contributed by atoms with Crippen LogP contribution < -0.4 is 20.3 Å². The number of aromatic nitrogens is 8. The lowest BCUT2D eigenvalue weighted by atomic mass is 10.0. The van der Waals surface area contributed by atoms with Gasteiger partial charge in [-0.05, 0) is 60.4 Å². The van der Waals surface area contributed by atoms with E-state index in [1.807, 2.05) is 0 Å². The van der Waals surface area contributed by atoms with E-state index >= 15 is 8.78 Å². The van der Waals surface area contributed by atoms with Crippen LogP contribution in [0.5, 0.6) is 5.88 Å². The van der Waals surface area contributed by atoms with Crippen LogP contribution >= 0.6 is 11.6 Å². The predicted molar refractivity (Wildman–Crippen MR) is 219 cm³/mol. The monoisotopic (exact) mass is 980 g/mol. The number of hydrogen-bond donors (Lipinski definition) is 2. The fourth-order valence-electron chi connectivity index (χ4n) is 8.39. The number of nitrogens with zero attached hydrogens (tertiary/aromatic N) is 8. The number of hydrogen-bond acceptors (Lipinski definition) is 10. The highest BCUT2D eigenvalue weighted by atomic mass is 35.5. The number of benzene rings is 2. The van der Waals surface area contributed by atoms with Crippen molar-refractivity contribution in [1.29, 1.82) is 0 Å². The van der Waals surface area contributed by atoms with E-state index in [-0.39, 0.29) is 61.9 Å². The molecule has 67 heavy (non-hydrogen) atoms. The Hall–Kier alpha value is -6.76. The van der Waals surface area contributed by atoms with Gasteiger partial charge >= 0.3 is 6.18 Å². The first-order valence-electron chi connectivity index (χ1n) is 19.7. The number of nitrogens with one attached hydrogen (secondary N) is 2. The Balaban J connectivity index is 1.21. The first-order chi connectivity index (χ1) is 31.5. The lowest BCUT2D eigenvalue weighted by molar-refractivity contribution is -0.141. The minimum Gasteiger partial charge on any atom is -0.471 e. The largest absolute Gasteiger partial charge is 0.471 e. The normalized spacial score (nSPS) is 16.9. The van der Waals surface area contributed by atoms with Gasteiger partial charge in [0.1, 0.15) is 47.7 Å². The molecule has 2 aliphatic rings. The number of carbonyl (C=O) groups is 1. The van der Waals surface area contributed by atoms with Gasteiger partial charge in [0.25, 0.3) is 17.9 Å². The van der Waals surface area contributed by atoms with Crippen molar-refractivity contribution in [3.05, 3.63) is 127 Å². The van der Waals surface area contributed by atoms with Gasteiger partial charge < -0.3 is 10.1 Å². The zero-order chi connectivity index (χ0) is 48.1. The van der Waals surface area contributed by atoms with Gasteiger partial charge in [-0.25, -0.2) is 35.9 Å². The Morgan fingerprint density at radius 1 is 1.01 bits per heavy atom. The maximum absolute atomic E-state index is 15.5. The molecule has 0 radical (unpaired) electrons. The summed E-state index contributed by atoms with van der Waals surface area (Å²) < 4.78 is 164. The van der Waals surface area contributed by atoms with E-state index in [9.17, 15) is 48.7 Å². The van der Waals surface area contributed by atoms with Crippen molar-refractivity contribution in [1.82, 2.24) is 44.4 Å². The SMILES string of the molecule is Cn1nc(NS(C)(=O)=O)c2c(Cl)ccc(-n3c([C@H](Cc4cc(F)cc(F)c4)NC(=O)Cn4nc(C(F)F)c5c4C(F)(F)[C@@H]4C[C@H]54)nc4nc(OCc5cccc(C(F)(F)F)n5)ccc4c3=O)c21. The fraction of sp³-hybridized carbons (Fsp3) is 0.293. The Bertz CT molecular complexity index is 3340. The number of aryl methyl sites for hydroxylation is 1. The Morgan fingerprint density at radius 2 is 1.75 bits per heavy atom. The molecule has 1 saturated carbocycles. The minimum absolute atomic E-state index is 0.000967. The van der Waals surface area contributed by atoms with Gasteiger partial charge in [0.05, 0.1) is 45.0 Å². The third kappa shape index (κ3) is 8.49. The molecule has 1 amide bonds. The Labute approximate surface area is 375 Å². The molecule has 2 aliphatic carbocycles. The van der Waals surface area contributed by atoms with Crippen LogP contribution in [0.25, 0.3) is 27.6 Å². The molecule has 0 unspecified atom stereocenters. The summed E-state index contributed by atoms with van der Waals surface area (Å²) in [5, 5.41) is 10.2. The molecule has 5 heterocycles. The number of pyridine rings is 2. The van der Waals surface area contributed by atoms with Gasteiger partial charge in [-0.3, -0.25) is 28.2 Å². The minimum atomic E-state index is -4.77. The van der Waals surface area contributed by atoms with Crippen molar-refractivity contribution in [3.8, 4) is 11.6 Å². The molecule has 9 rings (SSSR count). The standard InChI is InChI=1S/C41H30ClF9N10O5S/c1-59-33-26(8-7-24(42)31(33)37(57-59)58-67(2,64)65)61-38(55-36-21(39(61)63)6-9-29(54-36)66-16-20-4-3-5-27(52-20)41(49,50)51)25(12-17-10-18(43)13-19(44)11-17)53-28(62)15-60-34-30(32(56-60)35(45)46)22-14-23(22)40(34,47)48/h3-11,13,22-23,25,35H,12,14-16H2,1-2H3,(H,53,62)(H,57,58)/t22-,23+,25-/m0/s1. The van der Waals surface area contributed by atoms with Crippen molar-refractivity contribution in [2.75, 3.05) is 11.0 Å². The molecular weight excluding hydrogens is 951 g/mol. The van der Waals surface area contributed by atoms with Crippen molar-refractivity contribution in [2.24, 2.45) is 13.0 Å². The molecule has 2 aromatic carbocycles. The molecule has 0 spiro atoms. The van der Waals surface area contributed by atoms with E-state index in [1.54, 1.807) is 0 Å². The summed E-state index contributed by atoms with van der Waals surface area (Å²) >= 11 is 6.59. The topological polar surface area (TPSA) is 181 Å². The number of carbonyl (C=O) groups excluding carboxylic acids is 1. The molecular formula is C41H30ClF9N10O5S. The van der Waals surface area contributed by atoms with E-state index in [0.29, 0.717) is 10.7 Å². The Kier molecular flexibility index (Phi) is 11.0. The second kappa shape index (κ2) is 16.2. The van der Waals surface area contributed by atoms with Crippen LogP contribution in [-0.2, 0) is 53.5 Å². The van der Waals surface area contributed by atoms with E-state index in [4.69, 9.17) is 16.3 Å². The summed E-state index contributed by atoms with van der Waals surface area (Å²) in [6.45, 7) is -1.63. The number of halogens is 10. The van der Waals surface area contributed by atoms with Crippen LogP contribution in [0, 0.1) is 17.6 Å². The summed E-state index contributed by atoms with van der Waals surface area (Å²) in [7, 11) is -2.60. The number of sulfonamides is 1. The first-order valence-corrected chi connectivity index (χ1v) is 22.0. The third-order valence-electron chi connectivity index (χ3n) is 11.1. The maximum atomic E-state index is 15.5. The predicted octanol–water partition coefficient (Wildman–Crippen LogP) is 7.41. The fourth-order valence-corrected chi connectivity index (χ4v) is 9.13. The number of ether oxygens (including phenoxy) is 1. The molecule has 0 aliphatic heterocycles. The number of amides is 1. The number of rotatable bonds is 13. The average Bonchev–Trinajstić information content (AvgIpc) is 3.77. The molecule has 1 fully saturated rings. The van der Waals surface area contributed by atoms with Crippen LogP contribution in [-0.4, -0.2) is 59.7 Å². The zero-order valence-corrected chi connectivity index (χ0v) is 35.8. The second-order valence-electron chi connectivity index (χ2n) is 15.8. The number of anilines is 1. The van der Waals surface area contributed by atoms with Crippen LogP contribution in [0.2, 0.25) is 5.02 Å². The molecule has 2 N–H and O–H groups in total. The summed E-state index contributed by atoms with van der Waals surface area (Å²) in [5.41, 5.74) is -5.09. The van der Waals surface area contributed by atoms with E-state index < -0.39 is 118 Å². The van der Waals surface area contributed by atoms with Gasteiger partial charge in [0.2, 0.25) is 21.8 Å². The van der Waals surface area contributed by atoms with Gasteiger partial charge in [-0.15, -0.1) is 0 Å². The molecule has 7 aromatic rings. The first kappa shape index (κ1) is 45.4. The summed E-state index contributed by atoms with van der Waals surface area (Å²) in [6.07, 6.45) is -7.84. The summed E-state index contributed by atoms with van der Waals surface area (Å²) in [6, 6.07) is 8.78. The summed E-state index contributed by atoms with van der Waals surface area (Å²) in [4.78, 5) is 41.5. The van der Waals surface area contributed by atoms with Crippen molar-refractivity contribution >= 4 is 55.3 Å². The highest BCUT2D eigenvalue weighted by Crippen LogP contribution is 2.68. The van der Waals surface area contributed by atoms with Gasteiger partial charge in [-0.1, -0.05) is 17.7 Å². The van der Waals surface area contributed by atoms with E-state index in [2.05, 4.69) is 35.2 Å². The number of alkyl halides is 7. The quantitative estimate of drug-likeness (QED) is 0.111. The number of fused-ring (bicyclic) bond motifs is 5. The lowest BCUT2D eigenvalue weighted by Crippen LogP contribution is -2.38. The van der Waals surface area contributed by atoms with Crippen molar-refractivity contribution in [2.45, 2.75) is 56.5 Å². The van der Waals surface area contributed by atoms with Crippen LogP contribution in [0.4, 0.5) is 45.3 Å². The van der Waals surface area contributed by atoms with Crippen LogP contribution in [0.3, 0.4) is 0 Å². The van der Waals surface area contributed by atoms with Gasteiger partial charge in [0, 0.05) is 37.1 Å². The van der Waals surface area contributed by atoms with E-state index in [0.717, 1.165) is 35.1 Å². The lowest BCUT2D eigenvalue weighted by Gasteiger charge is -2.24. The van der Waals surface area contributed by atoms with Gasteiger partial charge in [0.15, 0.2) is 11.5 Å². The molecule has 350 valence electrons. The molecule has 26 heteroatoms. The van der Waals surface area contributed by atoms with Crippen molar-refractivity contribution in [3.63, 3.8) is 0 Å². The average molecular weight is 981 g/mol. The smallest absolute Gasteiger partial charge is 0.433 e. The highest BCUT2D eigenvalue weighted by Gasteiger charge is 2.67. The second-order valence-corrected chi connectivity index (χ2v) is 18.0. The maximum Gasteiger partial charge on any atom is 0.433 e. The molecule has 3 atom stereocenters. The summed E-state index contributed by atoms with van der Waals surface area (Å²) in [5.74, 6) is -10.1. The Morgan fingerprint density at radius 3 is 2.43 bits per heavy atom. The molecule has 0 bridgehead atoms. The third-order valence-corrected chi connectivity index (χ3v) is 12.0. The zero-order valence-electron chi connectivity index (χ0n) is 34.2. The van der Waals surface area contributed by atoms with Crippen LogP contribution in [0.15, 0.2) is 65.5 Å². The van der Waals surface area contributed by atoms with E-state index in [1.165, 1.54) is 42.1 Å². The van der Waals surface area contributed by atoms with Crippen molar-refractivity contribution < 1.29 is 57.5 Å². The molecule has 5 aromatic heterocycles. The molecule has 0 saturated heterocycles. The molecule has 15 nitrogen and oxygen atoms in total.